The molecule has 0 bridgehead atoms. The molecule has 1 rings (SSSR count). The molecular weight excluding hydrogens is 244 g/mol. The summed E-state index contributed by atoms with van der Waals surface area (Å²) in [5.41, 5.74) is 0.878. The van der Waals surface area contributed by atoms with Gasteiger partial charge < -0.3 is 9.16 Å². The van der Waals surface area contributed by atoms with Crippen LogP contribution in [0.1, 0.15) is 25.3 Å². The highest BCUT2D eigenvalue weighted by Crippen LogP contribution is 2.29. The summed E-state index contributed by atoms with van der Waals surface area (Å²) in [7, 11) is 0.673. The third-order valence-electron chi connectivity index (χ3n) is 3.04. The Balaban J connectivity index is 2.51. The molecule has 0 N–H and O–H groups in total. The Labute approximate surface area is 111 Å². The van der Waals surface area contributed by atoms with Crippen LogP contribution in [0.5, 0.6) is 0 Å². The van der Waals surface area contributed by atoms with Crippen molar-refractivity contribution in [2.45, 2.75) is 25.4 Å². The zero-order valence-corrected chi connectivity index (χ0v) is 13.0. The molecule has 0 aliphatic heterocycles. The van der Waals surface area contributed by atoms with Crippen LogP contribution in [0.25, 0.3) is 0 Å². The number of benzene rings is 1. The molecule has 18 heavy (non-hydrogen) atoms. The molecule has 3 nitrogen and oxygen atoms in total. The first-order valence-corrected chi connectivity index (χ1v) is 6.84. The van der Waals surface area contributed by atoms with Gasteiger partial charge in [-0.2, -0.15) is 0 Å². The number of hydrogen-bond acceptors (Lipinski definition) is 3. The lowest BCUT2D eigenvalue weighted by atomic mass is 9.91. The Hall–Kier alpha value is -1.39. The van der Waals surface area contributed by atoms with Crippen molar-refractivity contribution in [1.82, 2.24) is 0 Å². The fourth-order valence-corrected chi connectivity index (χ4v) is 2.24. The minimum atomic E-state index is -0.372. The number of carbonyl (C=O) groups excluding carboxylic acids is 1. The van der Waals surface area contributed by atoms with Crippen molar-refractivity contribution < 1.29 is 14.0 Å². The lowest BCUT2D eigenvalue weighted by molar-refractivity contribution is -0.138. The fourth-order valence-electron chi connectivity index (χ4n) is 1.80. The summed E-state index contributed by atoms with van der Waals surface area (Å²) < 4.78 is 10.7. The molecule has 4 heteroatoms. The average Bonchev–Trinajstić information content (AvgIpc) is 2.44. The number of rotatable bonds is 7. The maximum absolute atomic E-state index is 10.9. The van der Waals surface area contributed by atoms with E-state index >= 15 is 0 Å². The molecule has 0 spiro atoms. The zero-order chi connectivity index (χ0) is 13.4. The van der Waals surface area contributed by atoms with Crippen molar-refractivity contribution in [2.24, 2.45) is 0 Å². The lowest BCUT2D eigenvalue weighted by Crippen LogP contribution is -2.25. The number of carbonyl (C=O) groups is 1. The molecular formula is C14H20O3Si. The molecule has 1 aromatic carbocycles. The van der Waals surface area contributed by atoms with E-state index in [9.17, 15) is 4.79 Å². The summed E-state index contributed by atoms with van der Waals surface area (Å²) in [6, 6.07) is 10.1. The van der Waals surface area contributed by atoms with Gasteiger partial charge in [0.2, 0.25) is 0 Å². The molecule has 1 atom stereocenters. The topological polar surface area (TPSA) is 35.5 Å². The second-order valence-corrected chi connectivity index (χ2v) is 4.68. The van der Waals surface area contributed by atoms with E-state index in [1.807, 2.05) is 18.2 Å². The predicted octanol–water partition coefficient (Wildman–Crippen LogP) is 1.71. The fraction of sp³-hybridized carbons (Fsp3) is 0.357. The van der Waals surface area contributed by atoms with Gasteiger partial charge in [0.15, 0.2) is 0 Å². The molecule has 1 unspecified atom stereocenters. The number of hydrogen-bond donors (Lipinski definition) is 0. The van der Waals surface area contributed by atoms with Crippen LogP contribution in [-0.4, -0.2) is 23.1 Å². The summed E-state index contributed by atoms with van der Waals surface area (Å²) in [6.07, 6.45) is 2.78. The van der Waals surface area contributed by atoms with Crippen LogP contribution in [0.15, 0.2) is 43.0 Å². The molecule has 0 aliphatic carbocycles. The average molecular weight is 264 g/mol. The van der Waals surface area contributed by atoms with Crippen molar-refractivity contribution in [3.05, 3.63) is 48.6 Å². The summed E-state index contributed by atoms with van der Waals surface area (Å²) in [5.74, 6) is -0.372. The van der Waals surface area contributed by atoms with Crippen molar-refractivity contribution in [3.8, 4) is 0 Å². The molecule has 0 fully saturated rings. The van der Waals surface area contributed by atoms with Crippen LogP contribution in [0.3, 0.4) is 0 Å². The maximum atomic E-state index is 10.9. The van der Waals surface area contributed by atoms with Gasteiger partial charge in [-0.1, -0.05) is 36.9 Å². The highest BCUT2D eigenvalue weighted by atomic mass is 28.2. The molecule has 98 valence electrons. The van der Waals surface area contributed by atoms with Crippen LogP contribution in [0.4, 0.5) is 0 Å². The molecule has 0 amide bonds. The van der Waals surface area contributed by atoms with Crippen molar-refractivity contribution in [2.75, 3.05) is 6.61 Å². The van der Waals surface area contributed by atoms with Crippen LogP contribution >= 0.6 is 0 Å². The van der Waals surface area contributed by atoms with E-state index in [2.05, 4.69) is 25.6 Å². The molecule has 0 radical (unpaired) electrons. The van der Waals surface area contributed by atoms with Crippen molar-refractivity contribution >= 4 is 16.5 Å². The van der Waals surface area contributed by atoms with E-state index in [1.54, 1.807) is 0 Å². The standard InChI is InChI=1S/C14H20O3Si/c1-3-13(15)16-11-7-10-14(2,17-18)12-8-5-4-6-9-12/h3-6,8-9H,1,7,10-11H2,2,18H3. The Morgan fingerprint density at radius 3 is 2.67 bits per heavy atom. The summed E-state index contributed by atoms with van der Waals surface area (Å²) in [4.78, 5) is 10.9. The zero-order valence-electron chi connectivity index (χ0n) is 11.0. The summed E-state index contributed by atoms with van der Waals surface area (Å²) in [5, 5.41) is 0. The summed E-state index contributed by atoms with van der Waals surface area (Å²) in [6.45, 7) is 5.83. The van der Waals surface area contributed by atoms with Crippen LogP contribution in [0, 0.1) is 0 Å². The Kier molecular flexibility index (Phi) is 5.81. The van der Waals surface area contributed by atoms with Gasteiger partial charge in [0, 0.05) is 6.08 Å². The van der Waals surface area contributed by atoms with Gasteiger partial charge in [0.05, 0.1) is 12.2 Å². The van der Waals surface area contributed by atoms with Gasteiger partial charge in [0.1, 0.15) is 10.5 Å². The van der Waals surface area contributed by atoms with Crippen molar-refractivity contribution in [1.29, 1.82) is 0 Å². The monoisotopic (exact) mass is 264 g/mol. The Morgan fingerprint density at radius 1 is 1.44 bits per heavy atom. The van der Waals surface area contributed by atoms with E-state index in [-0.39, 0.29) is 11.6 Å². The van der Waals surface area contributed by atoms with Crippen LogP contribution < -0.4 is 0 Å². The van der Waals surface area contributed by atoms with Gasteiger partial charge >= 0.3 is 5.97 Å². The second-order valence-electron chi connectivity index (χ2n) is 4.28. The van der Waals surface area contributed by atoms with E-state index in [0.717, 1.165) is 18.4 Å². The Bertz CT molecular complexity index is 391. The van der Waals surface area contributed by atoms with E-state index in [4.69, 9.17) is 9.16 Å². The van der Waals surface area contributed by atoms with Gasteiger partial charge in [-0.05, 0) is 25.3 Å². The molecule has 1 aromatic rings. The minimum Gasteiger partial charge on any atom is -0.463 e. The highest BCUT2D eigenvalue weighted by Gasteiger charge is 2.24. The molecule has 0 saturated heterocycles. The van der Waals surface area contributed by atoms with Gasteiger partial charge in [-0.15, -0.1) is 0 Å². The maximum Gasteiger partial charge on any atom is 0.330 e. The lowest BCUT2D eigenvalue weighted by Gasteiger charge is -2.29. The SMILES string of the molecule is C=CC(=O)OCCCC(C)(O[SiH3])c1ccccc1. The first-order valence-electron chi connectivity index (χ1n) is 6.02. The van der Waals surface area contributed by atoms with E-state index in [0.29, 0.717) is 17.1 Å². The quantitative estimate of drug-likeness (QED) is 0.325. The van der Waals surface area contributed by atoms with Gasteiger partial charge in [-0.3, -0.25) is 0 Å². The molecule has 0 heterocycles. The smallest absolute Gasteiger partial charge is 0.330 e. The molecule has 0 aliphatic rings. The summed E-state index contributed by atoms with van der Waals surface area (Å²) >= 11 is 0. The first kappa shape index (κ1) is 14.7. The molecule has 0 aromatic heterocycles. The first-order chi connectivity index (χ1) is 8.62. The number of ether oxygens (including phenoxy) is 1. The van der Waals surface area contributed by atoms with E-state index < -0.39 is 0 Å². The number of esters is 1. The third kappa shape index (κ3) is 4.12. The minimum absolute atomic E-state index is 0.284. The Morgan fingerprint density at radius 2 is 2.11 bits per heavy atom. The highest BCUT2D eigenvalue weighted by molar-refractivity contribution is 5.98. The third-order valence-corrected chi connectivity index (χ3v) is 3.95. The van der Waals surface area contributed by atoms with Gasteiger partial charge in [0.25, 0.3) is 0 Å². The van der Waals surface area contributed by atoms with E-state index in [1.165, 1.54) is 6.08 Å². The van der Waals surface area contributed by atoms with Crippen LogP contribution in [0.2, 0.25) is 0 Å². The van der Waals surface area contributed by atoms with Crippen LogP contribution in [-0.2, 0) is 19.6 Å². The normalized spacial score (nSPS) is 13.8. The van der Waals surface area contributed by atoms with Gasteiger partial charge in [-0.25, -0.2) is 4.79 Å². The largest absolute Gasteiger partial charge is 0.463 e. The second kappa shape index (κ2) is 7.13. The predicted molar refractivity (Wildman–Crippen MR) is 75.2 cm³/mol. The molecule has 0 saturated carbocycles. The van der Waals surface area contributed by atoms with Crippen molar-refractivity contribution in [3.63, 3.8) is 0 Å².